The summed E-state index contributed by atoms with van der Waals surface area (Å²) in [7, 11) is 1.83. The van der Waals surface area contributed by atoms with Crippen molar-refractivity contribution < 1.29 is 14.4 Å². The van der Waals surface area contributed by atoms with Crippen molar-refractivity contribution in [3.63, 3.8) is 0 Å². The molecule has 106 valence electrons. The number of rotatable bonds is 6. The fraction of sp³-hybridized carbons (Fsp3) is 0.357. The third kappa shape index (κ3) is 3.42. The SMILES string of the molecule is CC(c1nc(-c2ccccc2)no1)N(C)CCC(=O)O. The highest BCUT2D eigenvalue weighted by molar-refractivity contribution is 5.66. The number of aromatic nitrogens is 2. The van der Waals surface area contributed by atoms with Crippen molar-refractivity contribution in [2.24, 2.45) is 0 Å². The lowest BCUT2D eigenvalue weighted by molar-refractivity contribution is -0.137. The van der Waals surface area contributed by atoms with E-state index >= 15 is 0 Å². The van der Waals surface area contributed by atoms with Crippen LogP contribution in [0.1, 0.15) is 25.3 Å². The third-order valence-corrected chi connectivity index (χ3v) is 3.17. The molecule has 1 N–H and O–H groups in total. The molecule has 0 aliphatic carbocycles. The maximum Gasteiger partial charge on any atom is 0.304 e. The smallest absolute Gasteiger partial charge is 0.304 e. The summed E-state index contributed by atoms with van der Waals surface area (Å²) in [5, 5.41) is 12.6. The molecule has 0 spiro atoms. The highest BCUT2D eigenvalue weighted by atomic mass is 16.5. The molecule has 1 atom stereocenters. The van der Waals surface area contributed by atoms with Crippen LogP contribution in [0.25, 0.3) is 11.4 Å². The Morgan fingerprint density at radius 2 is 2.10 bits per heavy atom. The lowest BCUT2D eigenvalue weighted by Crippen LogP contribution is -2.25. The van der Waals surface area contributed by atoms with Crippen molar-refractivity contribution in [1.29, 1.82) is 0 Å². The van der Waals surface area contributed by atoms with E-state index in [0.29, 0.717) is 18.3 Å². The fourth-order valence-corrected chi connectivity index (χ4v) is 1.76. The molecule has 2 aromatic rings. The Morgan fingerprint density at radius 1 is 1.40 bits per heavy atom. The van der Waals surface area contributed by atoms with Crippen LogP contribution in [0.4, 0.5) is 0 Å². The van der Waals surface area contributed by atoms with Crippen molar-refractivity contribution in [3.05, 3.63) is 36.2 Å². The molecule has 0 saturated heterocycles. The van der Waals surface area contributed by atoms with E-state index in [4.69, 9.17) is 9.63 Å². The van der Waals surface area contributed by atoms with E-state index in [-0.39, 0.29) is 12.5 Å². The lowest BCUT2D eigenvalue weighted by Gasteiger charge is -2.20. The molecule has 0 aliphatic rings. The minimum Gasteiger partial charge on any atom is -0.481 e. The van der Waals surface area contributed by atoms with Gasteiger partial charge in [-0.2, -0.15) is 4.98 Å². The molecule has 0 radical (unpaired) electrons. The monoisotopic (exact) mass is 275 g/mol. The predicted octanol–water partition coefficient (Wildman–Crippen LogP) is 2.20. The Labute approximate surface area is 117 Å². The summed E-state index contributed by atoms with van der Waals surface area (Å²) in [6.45, 7) is 2.34. The molecule has 1 aromatic carbocycles. The summed E-state index contributed by atoms with van der Waals surface area (Å²) in [6, 6.07) is 9.44. The number of nitrogens with zero attached hydrogens (tertiary/aromatic N) is 3. The minimum absolute atomic E-state index is 0.0838. The van der Waals surface area contributed by atoms with Gasteiger partial charge in [-0.05, 0) is 14.0 Å². The molecule has 0 amide bonds. The second-order valence-corrected chi connectivity index (χ2v) is 4.62. The molecule has 0 fully saturated rings. The van der Waals surface area contributed by atoms with Crippen molar-refractivity contribution >= 4 is 5.97 Å². The van der Waals surface area contributed by atoms with Gasteiger partial charge in [0.15, 0.2) is 0 Å². The van der Waals surface area contributed by atoms with Crippen LogP contribution >= 0.6 is 0 Å². The largest absolute Gasteiger partial charge is 0.481 e. The van der Waals surface area contributed by atoms with Gasteiger partial charge in [0.05, 0.1) is 12.5 Å². The van der Waals surface area contributed by atoms with Gasteiger partial charge < -0.3 is 9.63 Å². The van der Waals surface area contributed by atoms with Crippen LogP contribution in [0.3, 0.4) is 0 Å². The molecule has 1 heterocycles. The second kappa shape index (κ2) is 6.29. The Kier molecular flexibility index (Phi) is 4.47. The molecule has 0 bridgehead atoms. The number of carbonyl (C=O) groups is 1. The summed E-state index contributed by atoms with van der Waals surface area (Å²) in [4.78, 5) is 16.8. The van der Waals surface area contributed by atoms with Gasteiger partial charge in [-0.25, -0.2) is 0 Å². The normalized spacial score (nSPS) is 12.6. The standard InChI is InChI=1S/C14H17N3O3/c1-10(17(2)9-8-12(18)19)14-15-13(16-20-14)11-6-4-3-5-7-11/h3-7,10H,8-9H2,1-2H3,(H,18,19). The summed E-state index contributed by atoms with van der Waals surface area (Å²) >= 11 is 0. The van der Waals surface area contributed by atoms with E-state index in [1.807, 2.05) is 49.2 Å². The Balaban J connectivity index is 2.06. The Morgan fingerprint density at radius 3 is 2.75 bits per heavy atom. The van der Waals surface area contributed by atoms with E-state index in [9.17, 15) is 4.79 Å². The maximum absolute atomic E-state index is 10.6. The summed E-state index contributed by atoms with van der Waals surface area (Å²) in [6.07, 6.45) is 0.0838. The van der Waals surface area contributed by atoms with Crippen LogP contribution < -0.4 is 0 Å². The first-order valence-electron chi connectivity index (χ1n) is 6.39. The first kappa shape index (κ1) is 14.2. The number of aliphatic carboxylic acids is 1. The van der Waals surface area contributed by atoms with Gasteiger partial charge in [-0.3, -0.25) is 9.69 Å². The van der Waals surface area contributed by atoms with E-state index in [0.717, 1.165) is 5.56 Å². The third-order valence-electron chi connectivity index (χ3n) is 3.17. The first-order valence-corrected chi connectivity index (χ1v) is 6.39. The van der Waals surface area contributed by atoms with Crippen LogP contribution in [0, 0.1) is 0 Å². The maximum atomic E-state index is 10.6. The molecular weight excluding hydrogens is 258 g/mol. The number of carboxylic acids is 1. The van der Waals surface area contributed by atoms with Crippen molar-refractivity contribution in [1.82, 2.24) is 15.0 Å². The fourth-order valence-electron chi connectivity index (χ4n) is 1.76. The van der Waals surface area contributed by atoms with Gasteiger partial charge >= 0.3 is 5.97 Å². The van der Waals surface area contributed by atoms with Gasteiger partial charge in [0.2, 0.25) is 11.7 Å². The van der Waals surface area contributed by atoms with Gasteiger partial charge in [0.1, 0.15) is 0 Å². The van der Waals surface area contributed by atoms with Crippen molar-refractivity contribution in [2.75, 3.05) is 13.6 Å². The van der Waals surface area contributed by atoms with E-state index in [2.05, 4.69) is 10.1 Å². The molecular formula is C14H17N3O3. The Hall–Kier alpha value is -2.21. The van der Waals surface area contributed by atoms with Crippen molar-refractivity contribution in [2.45, 2.75) is 19.4 Å². The quantitative estimate of drug-likeness (QED) is 0.870. The highest BCUT2D eigenvalue weighted by Crippen LogP contribution is 2.21. The van der Waals surface area contributed by atoms with Crippen LogP contribution in [0.2, 0.25) is 0 Å². The molecule has 6 nitrogen and oxygen atoms in total. The topological polar surface area (TPSA) is 79.5 Å². The molecule has 1 unspecified atom stereocenters. The van der Waals surface area contributed by atoms with Gasteiger partial charge in [-0.1, -0.05) is 35.5 Å². The zero-order valence-corrected chi connectivity index (χ0v) is 11.5. The van der Waals surface area contributed by atoms with E-state index in [1.165, 1.54) is 0 Å². The molecule has 6 heteroatoms. The zero-order chi connectivity index (χ0) is 14.5. The van der Waals surface area contributed by atoms with Gasteiger partial charge in [0.25, 0.3) is 0 Å². The molecule has 1 aromatic heterocycles. The summed E-state index contributed by atoms with van der Waals surface area (Å²) in [5.41, 5.74) is 0.892. The predicted molar refractivity (Wildman–Crippen MR) is 73.0 cm³/mol. The minimum atomic E-state index is -0.820. The van der Waals surface area contributed by atoms with E-state index in [1.54, 1.807) is 0 Å². The zero-order valence-electron chi connectivity index (χ0n) is 11.5. The number of hydrogen-bond acceptors (Lipinski definition) is 5. The van der Waals surface area contributed by atoms with Crippen LogP contribution in [0.15, 0.2) is 34.9 Å². The first-order chi connectivity index (χ1) is 9.58. The lowest BCUT2D eigenvalue weighted by atomic mass is 10.2. The second-order valence-electron chi connectivity index (χ2n) is 4.62. The van der Waals surface area contributed by atoms with Gasteiger partial charge in [0, 0.05) is 12.1 Å². The highest BCUT2D eigenvalue weighted by Gasteiger charge is 2.19. The Bertz CT molecular complexity index is 568. The van der Waals surface area contributed by atoms with Crippen molar-refractivity contribution in [3.8, 4) is 11.4 Å². The van der Waals surface area contributed by atoms with Crippen LogP contribution in [-0.4, -0.2) is 39.7 Å². The average molecular weight is 275 g/mol. The summed E-state index contributed by atoms with van der Waals surface area (Å²) in [5.74, 6) is 0.204. The van der Waals surface area contributed by atoms with Gasteiger partial charge in [-0.15, -0.1) is 0 Å². The van der Waals surface area contributed by atoms with Crippen LogP contribution in [0.5, 0.6) is 0 Å². The number of benzene rings is 1. The number of carboxylic acid groups (broad SMARTS) is 1. The summed E-state index contributed by atoms with van der Waals surface area (Å²) < 4.78 is 5.26. The average Bonchev–Trinajstić information content (AvgIpc) is 2.94. The molecule has 2 rings (SSSR count). The van der Waals surface area contributed by atoms with E-state index < -0.39 is 5.97 Å². The number of hydrogen-bond donors (Lipinski definition) is 1. The van der Waals surface area contributed by atoms with Crippen LogP contribution in [-0.2, 0) is 4.79 Å². The molecule has 0 saturated carbocycles. The molecule has 20 heavy (non-hydrogen) atoms. The molecule has 0 aliphatic heterocycles.